The second-order valence-electron chi connectivity index (χ2n) is 4.49. The van der Waals surface area contributed by atoms with Gasteiger partial charge in [0.1, 0.15) is 5.75 Å². The van der Waals surface area contributed by atoms with E-state index in [2.05, 4.69) is 4.90 Å². The molecule has 2 rings (SSSR count). The zero-order valence-corrected chi connectivity index (χ0v) is 10.6. The van der Waals surface area contributed by atoms with E-state index in [0.29, 0.717) is 18.5 Å². The van der Waals surface area contributed by atoms with Crippen molar-refractivity contribution in [2.24, 2.45) is 0 Å². The van der Waals surface area contributed by atoms with Crippen molar-refractivity contribution in [2.45, 2.75) is 6.42 Å². The number of esters is 1. The van der Waals surface area contributed by atoms with E-state index in [0.717, 1.165) is 17.7 Å². The Morgan fingerprint density at radius 2 is 2.22 bits per heavy atom. The maximum atomic E-state index is 11.8. The van der Waals surface area contributed by atoms with Crippen molar-refractivity contribution in [1.29, 1.82) is 0 Å². The summed E-state index contributed by atoms with van der Waals surface area (Å²) in [6, 6.07) is 6.98. The molecule has 0 radical (unpaired) electrons. The number of carbonyl (C=O) groups is 1. The van der Waals surface area contributed by atoms with E-state index in [9.17, 15) is 9.90 Å². The first-order valence-electron chi connectivity index (χ1n) is 5.90. The van der Waals surface area contributed by atoms with Gasteiger partial charge in [-0.1, -0.05) is 12.1 Å². The van der Waals surface area contributed by atoms with Gasteiger partial charge in [-0.3, -0.25) is 0 Å². The third-order valence-electron chi connectivity index (χ3n) is 3.16. The molecule has 0 saturated heterocycles. The predicted molar refractivity (Wildman–Crippen MR) is 69.2 cm³/mol. The number of phenols is 1. The molecule has 1 aliphatic rings. The lowest BCUT2D eigenvalue weighted by atomic mass is 9.94. The minimum Gasteiger partial charge on any atom is -0.508 e. The molecule has 96 valence electrons. The van der Waals surface area contributed by atoms with Crippen LogP contribution in [-0.2, 0) is 9.53 Å². The SMILES string of the molecule is COC(=O)C1=C(c2cccc(O)c2)CN(C)CC1. The molecular formula is C14H17NO3. The number of phenolic OH excluding ortho intramolecular Hbond substituents is 1. The average molecular weight is 247 g/mol. The van der Waals surface area contributed by atoms with Gasteiger partial charge in [-0.25, -0.2) is 4.79 Å². The molecule has 0 unspecified atom stereocenters. The first-order chi connectivity index (χ1) is 8.61. The molecule has 4 nitrogen and oxygen atoms in total. The number of nitrogens with zero attached hydrogens (tertiary/aromatic N) is 1. The Bertz CT molecular complexity index is 494. The first kappa shape index (κ1) is 12.6. The van der Waals surface area contributed by atoms with E-state index in [4.69, 9.17) is 4.74 Å². The summed E-state index contributed by atoms with van der Waals surface area (Å²) in [7, 11) is 3.41. The van der Waals surface area contributed by atoms with Gasteiger partial charge in [0.25, 0.3) is 0 Å². The van der Waals surface area contributed by atoms with Crippen molar-refractivity contribution in [3.8, 4) is 5.75 Å². The largest absolute Gasteiger partial charge is 0.508 e. The van der Waals surface area contributed by atoms with E-state index in [1.54, 1.807) is 18.2 Å². The van der Waals surface area contributed by atoms with E-state index < -0.39 is 0 Å². The molecule has 1 heterocycles. The summed E-state index contributed by atoms with van der Waals surface area (Å²) in [6.07, 6.45) is 0.675. The first-order valence-corrected chi connectivity index (χ1v) is 5.90. The molecule has 0 aliphatic carbocycles. The van der Waals surface area contributed by atoms with Gasteiger partial charge < -0.3 is 14.7 Å². The summed E-state index contributed by atoms with van der Waals surface area (Å²) < 4.78 is 4.83. The van der Waals surface area contributed by atoms with E-state index in [1.807, 2.05) is 13.1 Å². The molecule has 0 amide bonds. The van der Waals surface area contributed by atoms with Gasteiger partial charge in [0.15, 0.2) is 0 Å². The quantitative estimate of drug-likeness (QED) is 0.807. The van der Waals surface area contributed by atoms with Gasteiger partial charge in [0.05, 0.1) is 7.11 Å². The predicted octanol–water partition coefficient (Wildman–Crippen LogP) is 1.65. The fourth-order valence-electron chi connectivity index (χ4n) is 2.21. The van der Waals surface area contributed by atoms with Crippen molar-refractivity contribution in [3.05, 3.63) is 35.4 Å². The van der Waals surface area contributed by atoms with Crippen molar-refractivity contribution in [3.63, 3.8) is 0 Å². The fraction of sp³-hybridized carbons (Fsp3) is 0.357. The number of ether oxygens (including phenoxy) is 1. The van der Waals surface area contributed by atoms with Gasteiger partial charge >= 0.3 is 5.97 Å². The molecule has 0 spiro atoms. The highest BCUT2D eigenvalue weighted by molar-refractivity contribution is 5.98. The van der Waals surface area contributed by atoms with Crippen molar-refractivity contribution >= 4 is 11.5 Å². The second kappa shape index (κ2) is 5.23. The summed E-state index contributed by atoms with van der Waals surface area (Å²) in [6.45, 7) is 1.53. The third-order valence-corrected chi connectivity index (χ3v) is 3.16. The number of hydrogen-bond acceptors (Lipinski definition) is 4. The number of likely N-dealkylation sites (N-methyl/N-ethyl adjacent to an activating group) is 1. The van der Waals surface area contributed by atoms with Crippen LogP contribution >= 0.6 is 0 Å². The van der Waals surface area contributed by atoms with Crippen molar-refractivity contribution < 1.29 is 14.6 Å². The fourth-order valence-corrected chi connectivity index (χ4v) is 2.21. The van der Waals surface area contributed by atoms with Crippen LogP contribution in [0.25, 0.3) is 5.57 Å². The van der Waals surface area contributed by atoms with E-state index in [-0.39, 0.29) is 11.7 Å². The van der Waals surface area contributed by atoms with Gasteiger partial charge in [0.2, 0.25) is 0 Å². The van der Waals surface area contributed by atoms with Gasteiger partial charge in [-0.2, -0.15) is 0 Å². The molecule has 0 atom stereocenters. The Morgan fingerprint density at radius 3 is 2.89 bits per heavy atom. The number of carbonyl (C=O) groups excluding carboxylic acids is 1. The van der Waals surface area contributed by atoms with Crippen molar-refractivity contribution in [1.82, 2.24) is 4.90 Å². The maximum Gasteiger partial charge on any atom is 0.334 e. The minimum atomic E-state index is -0.276. The van der Waals surface area contributed by atoms with E-state index in [1.165, 1.54) is 7.11 Å². The smallest absolute Gasteiger partial charge is 0.334 e. The summed E-state index contributed by atoms with van der Waals surface area (Å²) in [4.78, 5) is 13.9. The standard InChI is InChI=1S/C14H17NO3/c1-15-7-6-12(14(17)18-2)13(9-15)10-4-3-5-11(16)8-10/h3-5,8,16H,6-7,9H2,1-2H3. The summed E-state index contributed by atoms with van der Waals surface area (Å²) in [5.74, 6) is -0.0705. The van der Waals surface area contributed by atoms with Crippen LogP contribution in [0.2, 0.25) is 0 Å². The van der Waals surface area contributed by atoms with Gasteiger partial charge in [-0.05, 0) is 36.7 Å². The van der Waals surface area contributed by atoms with Crippen LogP contribution in [-0.4, -0.2) is 43.2 Å². The van der Waals surface area contributed by atoms with Crippen LogP contribution < -0.4 is 0 Å². The minimum absolute atomic E-state index is 0.206. The molecule has 0 bridgehead atoms. The number of methoxy groups -OCH3 is 1. The zero-order valence-electron chi connectivity index (χ0n) is 10.6. The van der Waals surface area contributed by atoms with Crippen LogP contribution in [0.4, 0.5) is 0 Å². The Balaban J connectivity index is 2.46. The molecule has 18 heavy (non-hydrogen) atoms. The molecule has 0 fully saturated rings. The summed E-state index contributed by atoms with van der Waals surface area (Å²) in [5, 5.41) is 9.54. The Labute approximate surface area is 106 Å². The molecule has 1 aromatic carbocycles. The number of aromatic hydroxyl groups is 1. The van der Waals surface area contributed by atoms with E-state index >= 15 is 0 Å². The zero-order chi connectivity index (χ0) is 13.1. The monoisotopic (exact) mass is 247 g/mol. The Hall–Kier alpha value is -1.81. The summed E-state index contributed by atoms with van der Waals surface area (Å²) >= 11 is 0. The summed E-state index contributed by atoms with van der Waals surface area (Å²) in [5.41, 5.74) is 2.52. The lowest BCUT2D eigenvalue weighted by Gasteiger charge is -2.27. The highest BCUT2D eigenvalue weighted by Gasteiger charge is 2.23. The average Bonchev–Trinajstić information content (AvgIpc) is 2.38. The van der Waals surface area contributed by atoms with Crippen LogP contribution in [0.1, 0.15) is 12.0 Å². The van der Waals surface area contributed by atoms with Gasteiger partial charge in [-0.15, -0.1) is 0 Å². The highest BCUT2D eigenvalue weighted by atomic mass is 16.5. The number of hydrogen-bond donors (Lipinski definition) is 1. The molecule has 1 N–H and O–H groups in total. The van der Waals surface area contributed by atoms with Crippen LogP contribution in [0, 0.1) is 0 Å². The molecule has 0 aromatic heterocycles. The molecule has 4 heteroatoms. The molecule has 1 aromatic rings. The number of benzene rings is 1. The molecular weight excluding hydrogens is 230 g/mol. The lowest BCUT2D eigenvalue weighted by molar-refractivity contribution is -0.136. The molecule has 0 saturated carbocycles. The van der Waals surface area contributed by atoms with Crippen LogP contribution in [0.3, 0.4) is 0 Å². The maximum absolute atomic E-state index is 11.8. The number of rotatable bonds is 2. The Morgan fingerprint density at radius 1 is 1.44 bits per heavy atom. The van der Waals surface area contributed by atoms with Crippen molar-refractivity contribution in [2.75, 3.05) is 27.2 Å². The topological polar surface area (TPSA) is 49.8 Å². The second-order valence-corrected chi connectivity index (χ2v) is 4.49. The van der Waals surface area contributed by atoms with Gasteiger partial charge in [0, 0.05) is 18.7 Å². The van der Waals surface area contributed by atoms with Crippen LogP contribution in [0.5, 0.6) is 5.75 Å². The Kier molecular flexibility index (Phi) is 3.67. The third kappa shape index (κ3) is 2.54. The lowest BCUT2D eigenvalue weighted by Crippen LogP contribution is -2.29. The van der Waals surface area contributed by atoms with Crippen LogP contribution in [0.15, 0.2) is 29.8 Å². The molecule has 1 aliphatic heterocycles. The highest BCUT2D eigenvalue weighted by Crippen LogP contribution is 2.28. The normalized spacial score (nSPS) is 16.8.